The number of carboxylic acids is 1. The molecule has 5 nitrogen and oxygen atoms in total. The number of carbonyl (C=O) groups excluding carboxylic acids is 1. The van der Waals surface area contributed by atoms with E-state index in [1.54, 1.807) is 6.92 Å². The van der Waals surface area contributed by atoms with Crippen LogP contribution in [-0.4, -0.2) is 47.6 Å². The van der Waals surface area contributed by atoms with Gasteiger partial charge in [-0.3, -0.25) is 9.59 Å². The van der Waals surface area contributed by atoms with Gasteiger partial charge in [-0.1, -0.05) is 0 Å². The van der Waals surface area contributed by atoms with Crippen molar-refractivity contribution in [1.82, 2.24) is 10.2 Å². The number of aliphatic carboxylic acids is 1. The monoisotopic (exact) mass is 240 g/mol. The van der Waals surface area contributed by atoms with Crippen LogP contribution in [0.3, 0.4) is 0 Å². The van der Waals surface area contributed by atoms with Crippen molar-refractivity contribution < 1.29 is 14.7 Å². The van der Waals surface area contributed by atoms with Gasteiger partial charge in [0.1, 0.15) is 0 Å². The summed E-state index contributed by atoms with van der Waals surface area (Å²) in [5.41, 5.74) is -0.653. The van der Waals surface area contributed by atoms with Crippen LogP contribution >= 0.6 is 0 Å². The smallest absolute Gasteiger partial charge is 0.309 e. The van der Waals surface area contributed by atoms with E-state index in [2.05, 4.69) is 5.32 Å². The molecule has 2 aliphatic rings. The van der Waals surface area contributed by atoms with Crippen LogP contribution in [0, 0.1) is 5.41 Å². The molecule has 2 heterocycles. The average Bonchev–Trinajstić information content (AvgIpc) is 2.82. The van der Waals surface area contributed by atoms with Crippen LogP contribution in [0.25, 0.3) is 0 Å². The second-order valence-corrected chi connectivity index (χ2v) is 5.34. The lowest BCUT2D eigenvalue weighted by molar-refractivity contribution is -0.153. The van der Waals surface area contributed by atoms with Gasteiger partial charge in [0.05, 0.1) is 11.5 Å². The lowest BCUT2D eigenvalue weighted by atomic mass is 9.80. The normalized spacial score (nSPS) is 28.1. The minimum absolute atomic E-state index is 0.0378. The van der Waals surface area contributed by atoms with Crippen LogP contribution in [0.5, 0.6) is 0 Å². The number of likely N-dealkylation sites (tertiary alicyclic amines) is 1. The van der Waals surface area contributed by atoms with Crippen LogP contribution in [-0.2, 0) is 9.59 Å². The standard InChI is InChI=1S/C12H20N2O3/c1-12(11(16)17)4-7-14(8-5-12)10(15)9-3-2-6-13-9/h9,13H,2-8H2,1H3,(H,16,17). The lowest BCUT2D eigenvalue weighted by Gasteiger charge is -2.37. The molecule has 2 aliphatic heterocycles. The van der Waals surface area contributed by atoms with E-state index in [1.807, 2.05) is 4.90 Å². The van der Waals surface area contributed by atoms with Gasteiger partial charge in [0.15, 0.2) is 0 Å². The molecule has 96 valence electrons. The zero-order chi connectivity index (χ0) is 12.5. The fourth-order valence-corrected chi connectivity index (χ4v) is 2.55. The first-order valence-corrected chi connectivity index (χ1v) is 6.28. The summed E-state index contributed by atoms with van der Waals surface area (Å²) in [4.78, 5) is 25.0. The Balaban J connectivity index is 1.90. The molecule has 0 aromatic heterocycles. The summed E-state index contributed by atoms with van der Waals surface area (Å²) >= 11 is 0. The topological polar surface area (TPSA) is 69.6 Å². The first-order chi connectivity index (χ1) is 8.03. The Morgan fingerprint density at radius 3 is 2.47 bits per heavy atom. The largest absolute Gasteiger partial charge is 0.481 e. The molecule has 0 saturated carbocycles. The molecule has 2 N–H and O–H groups in total. The van der Waals surface area contributed by atoms with E-state index in [9.17, 15) is 9.59 Å². The third-order valence-corrected chi connectivity index (χ3v) is 4.05. The number of hydrogen-bond acceptors (Lipinski definition) is 3. The lowest BCUT2D eigenvalue weighted by Crippen LogP contribution is -2.50. The summed E-state index contributed by atoms with van der Waals surface area (Å²) < 4.78 is 0. The number of piperidine rings is 1. The third-order valence-electron chi connectivity index (χ3n) is 4.05. The van der Waals surface area contributed by atoms with E-state index < -0.39 is 11.4 Å². The molecule has 0 radical (unpaired) electrons. The van der Waals surface area contributed by atoms with Gasteiger partial charge >= 0.3 is 5.97 Å². The van der Waals surface area contributed by atoms with Crippen molar-refractivity contribution in [3.63, 3.8) is 0 Å². The molecule has 0 aromatic rings. The van der Waals surface area contributed by atoms with Crippen LogP contribution in [0.15, 0.2) is 0 Å². The Morgan fingerprint density at radius 2 is 2.00 bits per heavy atom. The number of hydrogen-bond donors (Lipinski definition) is 2. The Bertz CT molecular complexity index is 316. The number of amides is 1. The second kappa shape index (κ2) is 4.64. The van der Waals surface area contributed by atoms with E-state index in [4.69, 9.17) is 5.11 Å². The van der Waals surface area contributed by atoms with Crippen molar-refractivity contribution in [2.24, 2.45) is 5.41 Å². The Morgan fingerprint density at radius 1 is 1.35 bits per heavy atom. The van der Waals surface area contributed by atoms with Crippen molar-refractivity contribution in [1.29, 1.82) is 0 Å². The SMILES string of the molecule is CC1(C(=O)O)CCN(C(=O)C2CCCN2)CC1. The van der Waals surface area contributed by atoms with Crippen molar-refractivity contribution in [3.05, 3.63) is 0 Å². The summed E-state index contributed by atoms with van der Waals surface area (Å²) in [6.45, 7) is 3.82. The van der Waals surface area contributed by atoms with Gasteiger partial charge in [-0.15, -0.1) is 0 Å². The molecule has 1 atom stereocenters. The van der Waals surface area contributed by atoms with E-state index >= 15 is 0 Å². The molecule has 0 bridgehead atoms. The maximum Gasteiger partial charge on any atom is 0.309 e. The first kappa shape index (κ1) is 12.4. The van der Waals surface area contributed by atoms with Crippen molar-refractivity contribution in [2.45, 2.75) is 38.6 Å². The molecular weight excluding hydrogens is 220 g/mol. The molecule has 2 rings (SSSR count). The molecule has 5 heteroatoms. The maximum atomic E-state index is 12.1. The van der Waals surface area contributed by atoms with Gasteiger partial charge in [-0.25, -0.2) is 0 Å². The predicted molar refractivity (Wildman–Crippen MR) is 62.6 cm³/mol. The van der Waals surface area contributed by atoms with Gasteiger partial charge in [-0.2, -0.15) is 0 Å². The van der Waals surface area contributed by atoms with Gasteiger partial charge in [0.25, 0.3) is 0 Å². The number of carbonyl (C=O) groups is 2. The van der Waals surface area contributed by atoms with Gasteiger partial charge in [0, 0.05) is 13.1 Å². The summed E-state index contributed by atoms with van der Waals surface area (Å²) in [5.74, 6) is -0.599. The molecule has 2 saturated heterocycles. The molecule has 0 spiro atoms. The summed E-state index contributed by atoms with van der Waals surface area (Å²) in [6, 6.07) is -0.0378. The fourth-order valence-electron chi connectivity index (χ4n) is 2.55. The van der Waals surface area contributed by atoms with E-state index in [1.165, 1.54) is 0 Å². The highest BCUT2D eigenvalue weighted by Gasteiger charge is 2.39. The highest BCUT2D eigenvalue weighted by Crippen LogP contribution is 2.31. The number of rotatable bonds is 2. The summed E-state index contributed by atoms with van der Waals surface area (Å²) in [7, 11) is 0. The molecule has 1 amide bonds. The molecule has 2 fully saturated rings. The second-order valence-electron chi connectivity index (χ2n) is 5.34. The number of carboxylic acid groups (broad SMARTS) is 1. The molecule has 17 heavy (non-hydrogen) atoms. The fraction of sp³-hybridized carbons (Fsp3) is 0.833. The molecule has 0 aliphatic carbocycles. The molecule has 1 unspecified atom stereocenters. The minimum Gasteiger partial charge on any atom is -0.481 e. The Hall–Kier alpha value is -1.10. The summed E-state index contributed by atoms with van der Waals surface area (Å²) in [5, 5.41) is 12.3. The van der Waals surface area contributed by atoms with E-state index in [0.29, 0.717) is 25.9 Å². The number of nitrogens with zero attached hydrogens (tertiary/aromatic N) is 1. The van der Waals surface area contributed by atoms with Gasteiger partial charge in [0.2, 0.25) is 5.91 Å². The van der Waals surface area contributed by atoms with Gasteiger partial charge < -0.3 is 15.3 Å². The van der Waals surface area contributed by atoms with Crippen molar-refractivity contribution in [3.8, 4) is 0 Å². The molecular formula is C12H20N2O3. The van der Waals surface area contributed by atoms with Crippen LogP contribution in [0.2, 0.25) is 0 Å². The van der Waals surface area contributed by atoms with Crippen LogP contribution in [0.1, 0.15) is 32.6 Å². The van der Waals surface area contributed by atoms with E-state index in [-0.39, 0.29) is 11.9 Å². The Labute approximate surface area is 101 Å². The third kappa shape index (κ3) is 2.44. The molecule has 0 aromatic carbocycles. The quantitative estimate of drug-likeness (QED) is 0.735. The predicted octanol–water partition coefficient (Wildman–Crippen LogP) is 0.452. The zero-order valence-electron chi connectivity index (χ0n) is 10.2. The van der Waals surface area contributed by atoms with E-state index in [0.717, 1.165) is 19.4 Å². The van der Waals surface area contributed by atoms with Crippen LogP contribution < -0.4 is 5.32 Å². The van der Waals surface area contributed by atoms with Crippen LogP contribution in [0.4, 0.5) is 0 Å². The highest BCUT2D eigenvalue weighted by atomic mass is 16.4. The van der Waals surface area contributed by atoms with Crippen molar-refractivity contribution >= 4 is 11.9 Å². The maximum absolute atomic E-state index is 12.1. The summed E-state index contributed by atoms with van der Waals surface area (Å²) in [6.07, 6.45) is 3.07. The number of nitrogens with one attached hydrogen (secondary N) is 1. The van der Waals surface area contributed by atoms with Gasteiger partial charge in [-0.05, 0) is 39.2 Å². The average molecular weight is 240 g/mol. The first-order valence-electron chi connectivity index (χ1n) is 6.28. The Kier molecular flexibility index (Phi) is 3.38. The highest BCUT2D eigenvalue weighted by molar-refractivity contribution is 5.83. The minimum atomic E-state index is -0.747. The zero-order valence-corrected chi connectivity index (χ0v) is 10.2. The van der Waals surface area contributed by atoms with Crippen molar-refractivity contribution in [2.75, 3.05) is 19.6 Å².